The Labute approximate surface area is 194 Å². The Balaban J connectivity index is 1.77. The number of hydrogen-bond acceptors (Lipinski definition) is 5. The summed E-state index contributed by atoms with van der Waals surface area (Å²) >= 11 is 10.9. The normalized spacial score (nSPS) is 16.0. The van der Waals surface area contributed by atoms with E-state index in [4.69, 9.17) is 21.1 Å². The molecule has 0 radical (unpaired) electrons. The summed E-state index contributed by atoms with van der Waals surface area (Å²) in [6, 6.07) is 5.17. The molecule has 2 aromatic rings. The van der Waals surface area contributed by atoms with E-state index in [1.54, 1.807) is 18.2 Å². The van der Waals surface area contributed by atoms with Crippen molar-refractivity contribution in [2.75, 3.05) is 19.0 Å². The van der Waals surface area contributed by atoms with Crippen LogP contribution in [-0.2, 0) is 22.4 Å². The third-order valence-corrected chi connectivity index (χ3v) is 7.34. The number of thiophene rings is 1. The molecule has 1 atom stereocenters. The second-order valence-electron chi connectivity index (χ2n) is 8.42. The number of halogens is 2. The minimum absolute atomic E-state index is 0.189. The van der Waals surface area contributed by atoms with Gasteiger partial charge in [-0.05, 0) is 54.4 Å². The second kappa shape index (κ2) is 9.28. The largest absolute Gasteiger partial charge is 0.482 e. The molecule has 1 aromatic heterocycles. The first-order chi connectivity index (χ1) is 14.1. The minimum Gasteiger partial charge on any atom is -0.482 e. The second-order valence-corrected chi connectivity index (χ2v) is 10.8. The van der Waals surface area contributed by atoms with Crippen LogP contribution in [0, 0.1) is 11.3 Å². The molecule has 0 saturated heterocycles. The predicted octanol–water partition coefficient (Wildman–Crippen LogP) is 6.12. The average Bonchev–Trinajstić information content (AvgIpc) is 3.02. The summed E-state index contributed by atoms with van der Waals surface area (Å²) in [5, 5.41) is 3.77. The zero-order valence-electron chi connectivity index (χ0n) is 17.4. The van der Waals surface area contributed by atoms with Crippen molar-refractivity contribution in [3.63, 3.8) is 0 Å². The zero-order valence-corrected chi connectivity index (χ0v) is 20.6. The van der Waals surface area contributed by atoms with Crippen molar-refractivity contribution in [3.05, 3.63) is 43.7 Å². The number of nitrogens with one attached hydrogen (secondary N) is 1. The van der Waals surface area contributed by atoms with E-state index in [9.17, 15) is 9.59 Å². The molecule has 0 saturated carbocycles. The van der Waals surface area contributed by atoms with Gasteiger partial charge in [-0.1, -0.05) is 48.3 Å². The number of rotatable bonds is 5. The lowest BCUT2D eigenvalue weighted by molar-refractivity contribution is -0.118. The van der Waals surface area contributed by atoms with E-state index in [1.807, 2.05) is 0 Å². The Morgan fingerprint density at radius 1 is 1.33 bits per heavy atom. The SMILES string of the molecule is COC(=O)c1c(NC(=O)COc2ccc(Br)cc2Cl)sc2c1CCC(C(C)(C)C)C2. The summed E-state index contributed by atoms with van der Waals surface area (Å²) < 4.78 is 11.4. The molecular weight excluding hydrogens is 490 g/mol. The molecule has 1 unspecified atom stereocenters. The molecule has 0 bridgehead atoms. The maximum atomic E-state index is 12.5. The fourth-order valence-corrected chi connectivity index (χ4v) is 5.69. The molecule has 0 spiro atoms. The van der Waals surface area contributed by atoms with Crippen molar-refractivity contribution in [3.8, 4) is 5.75 Å². The summed E-state index contributed by atoms with van der Waals surface area (Å²) in [5.74, 6) is 0.168. The van der Waals surface area contributed by atoms with Gasteiger partial charge in [0.05, 0.1) is 17.7 Å². The van der Waals surface area contributed by atoms with Gasteiger partial charge in [0.25, 0.3) is 5.91 Å². The van der Waals surface area contributed by atoms with Crippen LogP contribution in [0.2, 0.25) is 5.02 Å². The van der Waals surface area contributed by atoms with Crippen LogP contribution in [0.1, 0.15) is 48.0 Å². The highest BCUT2D eigenvalue weighted by Crippen LogP contribution is 2.44. The van der Waals surface area contributed by atoms with Crippen molar-refractivity contribution in [2.45, 2.75) is 40.0 Å². The summed E-state index contributed by atoms with van der Waals surface area (Å²) in [7, 11) is 1.36. The number of fused-ring (bicyclic) bond motifs is 1. The highest BCUT2D eigenvalue weighted by molar-refractivity contribution is 9.10. The highest BCUT2D eigenvalue weighted by atomic mass is 79.9. The molecule has 0 aliphatic heterocycles. The molecule has 3 rings (SSSR count). The number of esters is 1. The first-order valence-corrected chi connectivity index (χ1v) is 11.7. The van der Waals surface area contributed by atoms with Gasteiger partial charge in [-0.2, -0.15) is 0 Å². The molecule has 162 valence electrons. The molecule has 0 fully saturated rings. The third-order valence-electron chi connectivity index (χ3n) is 5.39. The lowest BCUT2D eigenvalue weighted by Gasteiger charge is -2.33. The lowest BCUT2D eigenvalue weighted by Crippen LogP contribution is -2.26. The van der Waals surface area contributed by atoms with Crippen LogP contribution in [-0.4, -0.2) is 25.6 Å². The average molecular weight is 515 g/mol. The molecule has 1 aliphatic rings. The van der Waals surface area contributed by atoms with Gasteiger partial charge in [0.2, 0.25) is 0 Å². The molecule has 1 N–H and O–H groups in total. The van der Waals surface area contributed by atoms with E-state index < -0.39 is 5.97 Å². The Kier molecular flexibility index (Phi) is 7.15. The Hall–Kier alpha value is -1.57. The van der Waals surface area contributed by atoms with Gasteiger partial charge in [-0.3, -0.25) is 4.79 Å². The Morgan fingerprint density at radius 2 is 2.07 bits per heavy atom. The number of hydrogen-bond donors (Lipinski definition) is 1. The number of benzene rings is 1. The summed E-state index contributed by atoms with van der Waals surface area (Å²) in [6.45, 7) is 6.51. The van der Waals surface area contributed by atoms with Gasteiger partial charge in [0.15, 0.2) is 6.61 Å². The van der Waals surface area contributed by atoms with Crippen LogP contribution in [0.15, 0.2) is 22.7 Å². The van der Waals surface area contributed by atoms with Crippen molar-refractivity contribution in [2.24, 2.45) is 11.3 Å². The lowest BCUT2D eigenvalue weighted by atomic mass is 9.72. The quantitative estimate of drug-likeness (QED) is 0.488. The van der Waals surface area contributed by atoms with Gasteiger partial charge in [0, 0.05) is 9.35 Å². The zero-order chi connectivity index (χ0) is 22.1. The smallest absolute Gasteiger partial charge is 0.341 e. The summed E-state index contributed by atoms with van der Waals surface area (Å²) in [4.78, 5) is 26.1. The maximum absolute atomic E-state index is 12.5. The molecule has 1 aromatic carbocycles. The maximum Gasteiger partial charge on any atom is 0.341 e. The van der Waals surface area contributed by atoms with Gasteiger partial charge >= 0.3 is 5.97 Å². The van der Waals surface area contributed by atoms with Crippen LogP contribution in [0.25, 0.3) is 0 Å². The number of amides is 1. The topological polar surface area (TPSA) is 64.6 Å². The van der Waals surface area contributed by atoms with Crippen LogP contribution in [0.5, 0.6) is 5.75 Å². The highest BCUT2D eigenvalue weighted by Gasteiger charge is 2.34. The van der Waals surface area contributed by atoms with E-state index in [0.717, 1.165) is 34.2 Å². The Morgan fingerprint density at radius 3 is 2.70 bits per heavy atom. The molecule has 1 heterocycles. The molecule has 30 heavy (non-hydrogen) atoms. The first kappa shape index (κ1) is 23.1. The van der Waals surface area contributed by atoms with Crippen LogP contribution in [0.4, 0.5) is 5.00 Å². The van der Waals surface area contributed by atoms with Gasteiger partial charge in [0.1, 0.15) is 10.8 Å². The third kappa shape index (κ3) is 5.18. The molecule has 8 heteroatoms. The van der Waals surface area contributed by atoms with Gasteiger partial charge in [-0.25, -0.2) is 4.79 Å². The number of ether oxygens (including phenoxy) is 2. The van der Waals surface area contributed by atoms with Gasteiger partial charge < -0.3 is 14.8 Å². The number of carbonyl (C=O) groups excluding carboxylic acids is 2. The minimum atomic E-state index is -0.422. The standard InChI is InChI=1S/C22H25BrClNO4S/c1-22(2,3)12-5-7-14-17(9-12)30-20(19(14)21(27)28-4)25-18(26)11-29-16-8-6-13(23)10-15(16)24/h6,8,10,12H,5,7,9,11H2,1-4H3,(H,25,26). The fraction of sp³-hybridized carbons (Fsp3) is 0.455. The predicted molar refractivity (Wildman–Crippen MR) is 124 cm³/mol. The van der Waals surface area contributed by atoms with E-state index in [0.29, 0.717) is 27.3 Å². The van der Waals surface area contributed by atoms with Crippen molar-refractivity contribution < 1.29 is 19.1 Å². The number of carbonyl (C=O) groups is 2. The fourth-order valence-electron chi connectivity index (χ4n) is 3.63. The monoisotopic (exact) mass is 513 g/mol. The van der Waals surface area contributed by atoms with Crippen molar-refractivity contribution in [1.29, 1.82) is 0 Å². The van der Waals surface area contributed by atoms with E-state index >= 15 is 0 Å². The van der Waals surface area contributed by atoms with E-state index in [-0.39, 0.29) is 17.9 Å². The van der Waals surface area contributed by atoms with E-state index in [2.05, 4.69) is 42.0 Å². The van der Waals surface area contributed by atoms with Crippen molar-refractivity contribution >= 4 is 55.7 Å². The van der Waals surface area contributed by atoms with Crippen LogP contribution in [0.3, 0.4) is 0 Å². The summed E-state index contributed by atoms with van der Waals surface area (Å²) in [5.41, 5.74) is 1.66. The van der Waals surface area contributed by atoms with Crippen LogP contribution >= 0.6 is 38.9 Å². The van der Waals surface area contributed by atoms with Crippen LogP contribution < -0.4 is 10.1 Å². The first-order valence-electron chi connectivity index (χ1n) is 9.70. The van der Waals surface area contributed by atoms with E-state index in [1.165, 1.54) is 18.4 Å². The van der Waals surface area contributed by atoms with Crippen molar-refractivity contribution in [1.82, 2.24) is 0 Å². The Bertz CT molecular complexity index is 967. The molecule has 5 nitrogen and oxygen atoms in total. The number of methoxy groups -OCH3 is 1. The van der Waals surface area contributed by atoms with Gasteiger partial charge in [-0.15, -0.1) is 11.3 Å². The number of anilines is 1. The molecular formula is C22H25BrClNO4S. The summed E-state index contributed by atoms with van der Waals surface area (Å²) in [6.07, 6.45) is 2.71. The molecule has 1 amide bonds. The molecule has 1 aliphatic carbocycles.